The summed E-state index contributed by atoms with van der Waals surface area (Å²) in [6.07, 6.45) is 3.63. The Kier molecular flexibility index (Phi) is 5.45. The molecular weight excluding hydrogens is 446 g/mol. The number of nitrogens with zero attached hydrogens (tertiary/aromatic N) is 1. The largest absolute Gasteiger partial charge is 0.454 e. The minimum absolute atomic E-state index is 0.0489. The third kappa shape index (κ3) is 3.91. The van der Waals surface area contributed by atoms with Crippen molar-refractivity contribution in [3.05, 3.63) is 51.2 Å². The molecule has 0 saturated carbocycles. The van der Waals surface area contributed by atoms with Crippen molar-refractivity contribution >= 4 is 40.7 Å². The summed E-state index contributed by atoms with van der Waals surface area (Å²) >= 11 is 0.856. The number of aryl methyl sites for hydroxylation is 1. The Morgan fingerprint density at radius 3 is 2.85 bits per heavy atom. The van der Waals surface area contributed by atoms with Crippen LogP contribution in [0.4, 0.5) is 4.79 Å². The van der Waals surface area contributed by atoms with Crippen LogP contribution in [0.15, 0.2) is 23.1 Å². The first kappa shape index (κ1) is 21.3. The molecule has 3 amide bonds. The summed E-state index contributed by atoms with van der Waals surface area (Å²) in [5, 5.41) is 2.35. The number of aromatic amines is 1. The van der Waals surface area contributed by atoms with Gasteiger partial charge in [0.25, 0.3) is 17.1 Å². The molecule has 0 spiro atoms. The number of ketones is 1. The lowest BCUT2D eigenvalue weighted by atomic mass is 9.94. The molecule has 1 aliphatic carbocycles. The topological polar surface area (TPSA) is 118 Å². The maximum Gasteiger partial charge on any atom is 0.293 e. The van der Waals surface area contributed by atoms with Crippen LogP contribution >= 0.6 is 11.8 Å². The van der Waals surface area contributed by atoms with Crippen molar-refractivity contribution < 1.29 is 28.7 Å². The number of hydrogen-bond donors (Lipinski definition) is 2. The van der Waals surface area contributed by atoms with E-state index < -0.39 is 11.1 Å². The molecule has 0 bridgehead atoms. The van der Waals surface area contributed by atoms with Crippen LogP contribution in [0.1, 0.15) is 50.5 Å². The number of amides is 3. The van der Waals surface area contributed by atoms with Crippen molar-refractivity contribution in [1.82, 2.24) is 15.2 Å². The fourth-order valence-electron chi connectivity index (χ4n) is 4.22. The van der Waals surface area contributed by atoms with Gasteiger partial charge in [-0.15, -0.1) is 0 Å². The van der Waals surface area contributed by atoms with Crippen LogP contribution in [0.5, 0.6) is 11.5 Å². The van der Waals surface area contributed by atoms with Gasteiger partial charge in [0, 0.05) is 30.8 Å². The molecule has 3 aliphatic rings. The zero-order valence-corrected chi connectivity index (χ0v) is 18.7. The second kappa shape index (κ2) is 8.43. The number of rotatable bonds is 5. The molecule has 170 valence electrons. The smallest absolute Gasteiger partial charge is 0.293 e. The van der Waals surface area contributed by atoms with Crippen molar-refractivity contribution in [2.75, 3.05) is 19.9 Å². The monoisotopic (exact) mass is 467 g/mol. The summed E-state index contributed by atoms with van der Waals surface area (Å²) in [4.78, 5) is 54.4. The number of benzene rings is 1. The molecule has 9 nitrogen and oxygen atoms in total. The number of hydrogen-bond acceptors (Lipinski definition) is 7. The predicted octanol–water partition coefficient (Wildman–Crippen LogP) is 3.04. The fourth-order valence-corrected chi connectivity index (χ4v) is 5.08. The maximum absolute atomic E-state index is 12.7. The standard InChI is InChI=1S/C23H21N3O6S/c1-12-19-14(3-2-4-15(19)27)25-20(12)21(28)24-7-8-26-22(29)18(33-23(26)30)10-13-5-6-16-17(9-13)32-11-31-16/h5-6,9-10,25H,2-4,7-8,11H2,1H3,(H,24,28). The lowest BCUT2D eigenvalue weighted by Crippen LogP contribution is -2.37. The third-order valence-corrected chi connectivity index (χ3v) is 6.76. The first-order chi connectivity index (χ1) is 15.9. The second-order valence-electron chi connectivity index (χ2n) is 7.96. The van der Waals surface area contributed by atoms with Crippen LogP contribution in [0, 0.1) is 6.92 Å². The van der Waals surface area contributed by atoms with Gasteiger partial charge < -0.3 is 19.8 Å². The maximum atomic E-state index is 12.7. The molecule has 0 radical (unpaired) electrons. The van der Waals surface area contributed by atoms with E-state index in [2.05, 4.69) is 10.3 Å². The van der Waals surface area contributed by atoms with Gasteiger partial charge in [-0.1, -0.05) is 6.07 Å². The molecule has 0 unspecified atom stereocenters. The molecule has 3 heterocycles. The van der Waals surface area contributed by atoms with E-state index in [1.54, 1.807) is 31.2 Å². The summed E-state index contributed by atoms with van der Waals surface area (Å²) in [5.41, 5.74) is 3.13. The van der Waals surface area contributed by atoms with E-state index >= 15 is 0 Å². The molecule has 1 saturated heterocycles. The quantitative estimate of drug-likeness (QED) is 0.649. The van der Waals surface area contributed by atoms with Gasteiger partial charge in [-0.25, -0.2) is 0 Å². The lowest BCUT2D eigenvalue weighted by molar-refractivity contribution is -0.122. The molecule has 1 fully saturated rings. The summed E-state index contributed by atoms with van der Waals surface area (Å²) < 4.78 is 10.6. The number of nitrogens with one attached hydrogen (secondary N) is 2. The van der Waals surface area contributed by atoms with Crippen molar-refractivity contribution in [2.24, 2.45) is 0 Å². The number of H-pyrrole nitrogens is 1. The molecule has 1 aromatic heterocycles. The molecule has 33 heavy (non-hydrogen) atoms. The van der Waals surface area contributed by atoms with Gasteiger partial charge >= 0.3 is 0 Å². The van der Waals surface area contributed by atoms with E-state index in [1.807, 2.05) is 0 Å². The summed E-state index contributed by atoms with van der Waals surface area (Å²) in [7, 11) is 0. The molecule has 2 aliphatic heterocycles. The van der Waals surface area contributed by atoms with Crippen LogP contribution in [-0.2, 0) is 11.2 Å². The van der Waals surface area contributed by atoms with E-state index in [-0.39, 0.29) is 31.6 Å². The Bertz CT molecular complexity index is 1230. The first-order valence-corrected chi connectivity index (χ1v) is 11.4. The van der Waals surface area contributed by atoms with Crippen molar-refractivity contribution in [3.8, 4) is 11.5 Å². The number of imide groups is 1. The van der Waals surface area contributed by atoms with E-state index in [1.165, 1.54) is 0 Å². The molecule has 10 heteroatoms. The average molecular weight is 468 g/mol. The fraction of sp³-hybridized carbons (Fsp3) is 0.304. The number of fused-ring (bicyclic) bond motifs is 2. The van der Waals surface area contributed by atoms with Crippen LogP contribution in [0.2, 0.25) is 0 Å². The Hall–Kier alpha value is -3.53. The number of Topliss-reactive ketones (excluding diaryl/α,β-unsaturated/α-hetero) is 1. The van der Waals surface area contributed by atoms with Crippen LogP contribution in [0.25, 0.3) is 6.08 Å². The van der Waals surface area contributed by atoms with E-state index in [0.717, 1.165) is 40.8 Å². The van der Waals surface area contributed by atoms with Gasteiger partial charge in [-0.05, 0) is 60.9 Å². The van der Waals surface area contributed by atoms with E-state index in [0.29, 0.717) is 39.6 Å². The zero-order valence-electron chi connectivity index (χ0n) is 17.9. The van der Waals surface area contributed by atoms with Gasteiger partial charge in [-0.2, -0.15) is 0 Å². The Morgan fingerprint density at radius 1 is 1.21 bits per heavy atom. The molecule has 0 atom stereocenters. The van der Waals surface area contributed by atoms with Gasteiger partial charge in [0.15, 0.2) is 17.3 Å². The summed E-state index contributed by atoms with van der Waals surface area (Å²) in [6.45, 7) is 2.06. The third-order valence-electron chi connectivity index (χ3n) is 5.85. The van der Waals surface area contributed by atoms with Gasteiger partial charge in [0.1, 0.15) is 5.69 Å². The second-order valence-corrected chi connectivity index (χ2v) is 8.95. The highest BCUT2D eigenvalue weighted by molar-refractivity contribution is 8.18. The van der Waals surface area contributed by atoms with Crippen LogP contribution in [-0.4, -0.2) is 52.6 Å². The van der Waals surface area contributed by atoms with Gasteiger partial charge in [0.2, 0.25) is 6.79 Å². The first-order valence-electron chi connectivity index (χ1n) is 10.6. The normalized spacial score (nSPS) is 18.3. The summed E-state index contributed by atoms with van der Waals surface area (Å²) in [6, 6.07) is 5.28. The zero-order chi connectivity index (χ0) is 23.1. The predicted molar refractivity (Wildman–Crippen MR) is 120 cm³/mol. The number of ether oxygens (including phenoxy) is 2. The Morgan fingerprint density at radius 2 is 2.03 bits per heavy atom. The molecular formula is C23H21N3O6S. The Labute approximate surface area is 193 Å². The van der Waals surface area contributed by atoms with Crippen LogP contribution < -0.4 is 14.8 Å². The van der Waals surface area contributed by atoms with Crippen molar-refractivity contribution in [2.45, 2.75) is 26.2 Å². The van der Waals surface area contributed by atoms with Crippen LogP contribution in [0.3, 0.4) is 0 Å². The average Bonchev–Trinajstić information content (AvgIpc) is 3.46. The lowest BCUT2D eigenvalue weighted by Gasteiger charge is -2.13. The SMILES string of the molecule is Cc1c(C(=O)NCCN2C(=O)SC(=Cc3ccc4c(c3)OCO4)C2=O)[nH]c2c1C(=O)CCC2. The van der Waals surface area contributed by atoms with Crippen molar-refractivity contribution in [3.63, 3.8) is 0 Å². The number of carbonyl (C=O) groups is 4. The molecule has 2 aromatic rings. The van der Waals surface area contributed by atoms with Gasteiger partial charge in [-0.3, -0.25) is 24.1 Å². The van der Waals surface area contributed by atoms with E-state index in [4.69, 9.17) is 9.47 Å². The van der Waals surface area contributed by atoms with Gasteiger partial charge in [0.05, 0.1) is 4.91 Å². The Balaban J connectivity index is 1.22. The minimum atomic E-state index is -0.408. The summed E-state index contributed by atoms with van der Waals surface area (Å²) in [5.74, 6) is 0.509. The number of thioether (sulfide) groups is 1. The molecule has 1 aromatic carbocycles. The molecule has 5 rings (SSSR count). The highest BCUT2D eigenvalue weighted by atomic mass is 32.2. The highest BCUT2D eigenvalue weighted by Gasteiger charge is 2.35. The van der Waals surface area contributed by atoms with Crippen molar-refractivity contribution in [1.29, 1.82) is 0 Å². The number of carbonyl (C=O) groups excluding carboxylic acids is 4. The highest BCUT2D eigenvalue weighted by Crippen LogP contribution is 2.36. The molecule has 2 N–H and O–H groups in total. The number of aromatic nitrogens is 1. The van der Waals surface area contributed by atoms with E-state index in [9.17, 15) is 19.2 Å². The minimum Gasteiger partial charge on any atom is -0.454 e.